The minimum absolute atomic E-state index is 0.0932. The molecule has 0 bridgehead atoms. The van der Waals surface area contributed by atoms with E-state index in [1.165, 1.54) is 0 Å². The predicted octanol–water partition coefficient (Wildman–Crippen LogP) is 3.29. The van der Waals surface area contributed by atoms with Crippen molar-refractivity contribution in [3.05, 3.63) is 35.9 Å². The van der Waals surface area contributed by atoms with Crippen LogP contribution >= 0.6 is 0 Å². The summed E-state index contributed by atoms with van der Waals surface area (Å²) in [6, 6.07) is 10.1. The third kappa shape index (κ3) is 2.84. The zero-order valence-corrected chi connectivity index (χ0v) is 12.6. The van der Waals surface area contributed by atoms with Gasteiger partial charge in [0.05, 0.1) is 11.1 Å². The van der Waals surface area contributed by atoms with Gasteiger partial charge in [-0.15, -0.1) is 0 Å². The van der Waals surface area contributed by atoms with Crippen LogP contribution in [0, 0.1) is 0 Å². The quantitative estimate of drug-likeness (QED) is 0.916. The zero-order chi connectivity index (χ0) is 14.8. The van der Waals surface area contributed by atoms with Gasteiger partial charge in [0.15, 0.2) is 0 Å². The fraction of sp³-hybridized carbons (Fsp3) is 0.412. The van der Waals surface area contributed by atoms with Crippen molar-refractivity contribution in [2.24, 2.45) is 0 Å². The van der Waals surface area contributed by atoms with E-state index in [4.69, 9.17) is 0 Å². The average molecular weight is 283 g/mol. The Morgan fingerprint density at radius 2 is 2.14 bits per heavy atom. The number of pyridine rings is 1. The minimum atomic E-state index is 0.0932. The van der Waals surface area contributed by atoms with Crippen molar-refractivity contribution in [2.45, 2.75) is 32.2 Å². The molecule has 1 aliphatic rings. The molecule has 4 heteroatoms. The molecule has 4 nitrogen and oxygen atoms in total. The third-order valence-corrected chi connectivity index (χ3v) is 3.92. The maximum Gasteiger partial charge on any atom is 0.254 e. The van der Waals surface area contributed by atoms with E-state index < -0.39 is 0 Å². The van der Waals surface area contributed by atoms with Crippen LogP contribution in [0.15, 0.2) is 30.3 Å². The number of nitrogens with zero attached hydrogens (tertiary/aromatic N) is 2. The van der Waals surface area contributed by atoms with E-state index in [0.29, 0.717) is 6.04 Å². The summed E-state index contributed by atoms with van der Waals surface area (Å²) in [6.45, 7) is 2.97. The van der Waals surface area contributed by atoms with Gasteiger partial charge in [0.1, 0.15) is 5.82 Å². The van der Waals surface area contributed by atoms with Crippen molar-refractivity contribution in [2.75, 3.05) is 18.9 Å². The van der Waals surface area contributed by atoms with Gasteiger partial charge in [0.2, 0.25) is 0 Å². The molecule has 110 valence electrons. The van der Waals surface area contributed by atoms with Gasteiger partial charge in [0.25, 0.3) is 5.91 Å². The SMILES string of the molecule is CCCNc1cc(C(=O)N(C)C2CC2)c2ccccc2n1. The summed E-state index contributed by atoms with van der Waals surface area (Å²) in [5, 5.41) is 4.21. The normalized spacial score (nSPS) is 14.2. The Bertz CT molecular complexity index is 664. The van der Waals surface area contributed by atoms with Crippen LogP contribution in [-0.2, 0) is 0 Å². The maximum atomic E-state index is 12.7. The number of carbonyl (C=O) groups excluding carboxylic acids is 1. The van der Waals surface area contributed by atoms with E-state index in [2.05, 4.69) is 17.2 Å². The molecule has 0 atom stereocenters. The highest BCUT2D eigenvalue weighted by molar-refractivity contribution is 6.07. The Balaban J connectivity index is 2.03. The van der Waals surface area contributed by atoms with E-state index in [1.807, 2.05) is 42.3 Å². The van der Waals surface area contributed by atoms with Crippen LogP contribution in [0.5, 0.6) is 0 Å². The van der Waals surface area contributed by atoms with E-state index in [1.54, 1.807) is 0 Å². The largest absolute Gasteiger partial charge is 0.370 e. The number of fused-ring (bicyclic) bond motifs is 1. The molecule has 21 heavy (non-hydrogen) atoms. The Hall–Kier alpha value is -2.10. The van der Waals surface area contributed by atoms with Crippen molar-refractivity contribution in [3.8, 4) is 0 Å². The zero-order valence-electron chi connectivity index (χ0n) is 12.6. The number of para-hydroxylation sites is 1. The highest BCUT2D eigenvalue weighted by atomic mass is 16.2. The molecule has 0 spiro atoms. The predicted molar refractivity (Wildman–Crippen MR) is 85.6 cm³/mol. The van der Waals surface area contributed by atoms with Crippen LogP contribution in [0.1, 0.15) is 36.5 Å². The van der Waals surface area contributed by atoms with E-state index in [9.17, 15) is 4.79 Å². The van der Waals surface area contributed by atoms with E-state index >= 15 is 0 Å². The van der Waals surface area contributed by atoms with Crippen LogP contribution in [-0.4, -0.2) is 35.4 Å². The van der Waals surface area contributed by atoms with Gasteiger partial charge >= 0.3 is 0 Å². The molecule has 1 aromatic heterocycles. The smallest absolute Gasteiger partial charge is 0.254 e. The minimum Gasteiger partial charge on any atom is -0.370 e. The lowest BCUT2D eigenvalue weighted by Crippen LogP contribution is -2.29. The number of anilines is 1. The maximum absolute atomic E-state index is 12.7. The lowest BCUT2D eigenvalue weighted by Gasteiger charge is -2.18. The van der Waals surface area contributed by atoms with Crippen LogP contribution < -0.4 is 5.32 Å². The molecule has 1 N–H and O–H groups in total. The second-order valence-corrected chi connectivity index (χ2v) is 5.65. The number of rotatable bonds is 5. The fourth-order valence-electron chi connectivity index (χ4n) is 2.51. The summed E-state index contributed by atoms with van der Waals surface area (Å²) in [5.74, 6) is 0.874. The molecule has 1 aromatic carbocycles. The molecule has 3 rings (SSSR count). The molecule has 0 unspecified atom stereocenters. The molecular formula is C17H21N3O. The summed E-state index contributed by atoms with van der Waals surface area (Å²) >= 11 is 0. The van der Waals surface area contributed by atoms with Gasteiger partial charge < -0.3 is 10.2 Å². The molecule has 1 heterocycles. The van der Waals surface area contributed by atoms with Crippen molar-refractivity contribution >= 4 is 22.6 Å². The molecule has 1 fully saturated rings. The standard InChI is InChI=1S/C17H21N3O/c1-3-10-18-16-11-14(17(21)20(2)12-8-9-12)13-6-4-5-7-15(13)19-16/h4-7,11-12H,3,8-10H2,1-2H3,(H,18,19). The Morgan fingerprint density at radius 3 is 2.86 bits per heavy atom. The Morgan fingerprint density at radius 1 is 1.38 bits per heavy atom. The first-order valence-electron chi connectivity index (χ1n) is 7.61. The summed E-state index contributed by atoms with van der Waals surface area (Å²) in [6.07, 6.45) is 3.26. The van der Waals surface area contributed by atoms with Crippen molar-refractivity contribution < 1.29 is 4.79 Å². The number of aromatic nitrogens is 1. The van der Waals surface area contributed by atoms with Gasteiger partial charge in [-0.05, 0) is 31.4 Å². The number of hydrogen-bond acceptors (Lipinski definition) is 3. The lowest BCUT2D eigenvalue weighted by atomic mass is 10.1. The Labute approximate surface area is 125 Å². The Kier molecular flexibility index (Phi) is 3.78. The highest BCUT2D eigenvalue weighted by Crippen LogP contribution is 2.29. The summed E-state index contributed by atoms with van der Waals surface area (Å²) in [5.41, 5.74) is 1.61. The first kappa shape index (κ1) is 13.9. The molecule has 1 amide bonds. The van der Waals surface area contributed by atoms with Gasteiger partial charge in [-0.2, -0.15) is 0 Å². The molecule has 1 saturated carbocycles. The van der Waals surface area contributed by atoms with Crippen LogP contribution in [0.25, 0.3) is 10.9 Å². The molecule has 0 aliphatic heterocycles. The number of amides is 1. The first-order chi connectivity index (χ1) is 10.2. The number of nitrogens with one attached hydrogen (secondary N) is 1. The monoisotopic (exact) mass is 283 g/mol. The third-order valence-electron chi connectivity index (χ3n) is 3.92. The van der Waals surface area contributed by atoms with Gasteiger partial charge in [-0.25, -0.2) is 4.98 Å². The molecule has 1 aliphatic carbocycles. The first-order valence-corrected chi connectivity index (χ1v) is 7.61. The fourth-order valence-corrected chi connectivity index (χ4v) is 2.51. The summed E-state index contributed by atoms with van der Waals surface area (Å²) < 4.78 is 0. The number of benzene rings is 1. The van der Waals surface area contributed by atoms with E-state index in [-0.39, 0.29) is 5.91 Å². The number of hydrogen-bond donors (Lipinski definition) is 1. The van der Waals surface area contributed by atoms with Crippen LogP contribution in [0.2, 0.25) is 0 Å². The van der Waals surface area contributed by atoms with Gasteiger partial charge in [0, 0.05) is 25.0 Å². The average Bonchev–Trinajstić information content (AvgIpc) is 3.35. The molecule has 2 aromatic rings. The molecular weight excluding hydrogens is 262 g/mol. The molecule has 0 saturated heterocycles. The van der Waals surface area contributed by atoms with Gasteiger partial charge in [-0.3, -0.25) is 4.79 Å². The second-order valence-electron chi connectivity index (χ2n) is 5.65. The van der Waals surface area contributed by atoms with Crippen molar-refractivity contribution in [1.82, 2.24) is 9.88 Å². The van der Waals surface area contributed by atoms with Gasteiger partial charge in [-0.1, -0.05) is 25.1 Å². The number of carbonyl (C=O) groups is 1. The summed E-state index contributed by atoms with van der Waals surface area (Å²) in [7, 11) is 1.90. The highest BCUT2D eigenvalue weighted by Gasteiger charge is 2.30. The molecule has 0 radical (unpaired) electrons. The van der Waals surface area contributed by atoms with Crippen LogP contribution in [0.3, 0.4) is 0 Å². The summed E-state index contributed by atoms with van der Waals surface area (Å²) in [4.78, 5) is 19.2. The second kappa shape index (κ2) is 5.72. The van der Waals surface area contributed by atoms with E-state index in [0.717, 1.165) is 48.1 Å². The van der Waals surface area contributed by atoms with Crippen molar-refractivity contribution in [3.63, 3.8) is 0 Å². The lowest BCUT2D eigenvalue weighted by molar-refractivity contribution is 0.0787. The topological polar surface area (TPSA) is 45.2 Å². The van der Waals surface area contributed by atoms with Crippen molar-refractivity contribution in [1.29, 1.82) is 0 Å². The van der Waals surface area contributed by atoms with Crippen LogP contribution in [0.4, 0.5) is 5.82 Å².